The van der Waals surface area contributed by atoms with Gasteiger partial charge in [0.15, 0.2) is 0 Å². The molecule has 0 bridgehead atoms. The molecule has 37 heavy (non-hydrogen) atoms. The molecule has 1 nitrogen and oxygen atoms in total. The lowest BCUT2D eigenvalue weighted by atomic mass is 9.56. The summed E-state index contributed by atoms with van der Waals surface area (Å²) in [5.41, 5.74) is 3.65. The van der Waals surface area contributed by atoms with Gasteiger partial charge < -0.3 is 0 Å². The number of carbonyl (C=O) groups is 1. The molecule has 188 valence electrons. The van der Waals surface area contributed by atoms with Crippen LogP contribution in [-0.4, -0.2) is 5.78 Å². The van der Waals surface area contributed by atoms with Crippen molar-refractivity contribution < 1.29 is 4.79 Å². The summed E-state index contributed by atoms with van der Waals surface area (Å²) in [6, 6.07) is 30.2. The van der Waals surface area contributed by atoms with Gasteiger partial charge in [-0.1, -0.05) is 151 Å². The summed E-state index contributed by atoms with van der Waals surface area (Å²) in [7, 11) is 0. The van der Waals surface area contributed by atoms with Crippen LogP contribution in [0.2, 0.25) is 0 Å². The van der Waals surface area contributed by atoms with Gasteiger partial charge >= 0.3 is 0 Å². The number of ketones is 1. The number of Topliss-reactive ketones (excluding diaryl/α,β-unsaturated/α-hetero) is 1. The second-order valence-corrected chi connectivity index (χ2v) is 12.8. The average Bonchev–Trinajstić information content (AvgIpc) is 2.86. The normalized spacial score (nSPS) is 20.6. The monoisotopic (exact) mass is 486 g/mol. The zero-order chi connectivity index (χ0) is 26.6. The van der Waals surface area contributed by atoms with Gasteiger partial charge in [-0.25, -0.2) is 0 Å². The molecular formula is C36H38O. The van der Waals surface area contributed by atoms with Crippen LogP contribution in [0.3, 0.4) is 0 Å². The van der Waals surface area contributed by atoms with Crippen LogP contribution in [0.4, 0.5) is 0 Å². The van der Waals surface area contributed by atoms with Crippen molar-refractivity contribution in [2.75, 3.05) is 0 Å². The predicted molar refractivity (Wildman–Crippen MR) is 159 cm³/mol. The average molecular weight is 487 g/mol. The van der Waals surface area contributed by atoms with E-state index in [4.69, 9.17) is 0 Å². The fourth-order valence-corrected chi connectivity index (χ4v) is 6.08. The van der Waals surface area contributed by atoms with Gasteiger partial charge in [0.2, 0.25) is 0 Å². The molecule has 0 heterocycles. The lowest BCUT2D eigenvalue weighted by Crippen LogP contribution is -2.46. The molecular weight excluding hydrogens is 448 g/mol. The third-order valence-corrected chi connectivity index (χ3v) is 8.02. The standard InChI is InChI=1S/C36H38O/c1-34(2,3)31-22-26(28-20-12-16-24-14-8-10-18-27(24)28)23-36(7,32(31)33(37)35(4,5)6)30-21-13-17-25-15-9-11-19-29(25)30/h8-23,32H,1-7H3. The number of carbonyl (C=O) groups excluding carboxylic acids is 1. The molecule has 1 aliphatic rings. The Morgan fingerprint density at radius 3 is 1.86 bits per heavy atom. The first-order valence-electron chi connectivity index (χ1n) is 13.4. The number of fused-ring (bicyclic) bond motifs is 2. The first kappa shape index (κ1) is 25.2. The molecule has 4 aromatic rings. The van der Waals surface area contributed by atoms with Gasteiger partial charge in [0.1, 0.15) is 5.78 Å². The van der Waals surface area contributed by atoms with Crippen molar-refractivity contribution in [3.05, 3.63) is 114 Å². The summed E-state index contributed by atoms with van der Waals surface area (Å²) in [5, 5.41) is 4.88. The first-order valence-corrected chi connectivity index (χ1v) is 13.4. The topological polar surface area (TPSA) is 17.1 Å². The third-order valence-electron chi connectivity index (χ3n) is 8.02. The molecule has 0 spiro atoms. The van der Waals surface area contributed by atoms with E-state index in [0.29, 0.717) is 0 Å². The van der Waals surface area contributed by atoms with Crippen LogP contribution in [0, 0.1) is 16.7 Å². The lowest BCUT2D eigenvalue weighted by molar-refractivity contribution is -0.131. The lowest BCUT2D eigenvalue weighted by Gasteiger charge is -2.46. The van der Waals surface area contributed by atoms with Gasteiger partial charge in [-0.15, -0.1) is 0 Å². The quantitative estimate of drug-likeness (QED) is 0.282. The van der Waals surface area contributed by atoms with Crippen molar-refractivity contribution in [2.24, 2.45) is 16.7 Å². The number of rotatable bonds is 3. The highest BCUT2D eigenvalue weighted by molar-refractivity contribution is 6.00. The minimum absolute atomic E-state index is 0.179. The van der Waals surface area contributed by atoms with Crippen LogP contribution < -0.4 is 0 Å². The summed E-state index contributed by atoms with van der Waals surface area (Å²) in [6.07, 6.45) is 4.71. The molecule has 0 amide bonds. The minimum Gasteiger partial charge on any atom is -0.298 e. The van der Waals surface area contributed by atoms with Crippen LogP contribution in [0.1, 0.15) is 59.6 Å². The van der Waals surface area contributed by atoms with E-state index in [-0.39, 0.29) is 17.1 Å². The Bertz CT molecular complexity index is 1560. The van der Waals surface area contributed by atoms with Crippen LogP contribution in [0.15, 0.2) is 103 Å². The Hall–Kier alpha value is -3.45. The summed E-state index contributed by atoms with van der Waals surface area (Å²) in [5.74, 6) is 0.0226. The van der Waals surface area contributed by atoms with E-state index < -0.39 is 10.8 Å². The Kier molecular flexibility index (Phi) is 6.02. The summed E-state index contributed by atoms with van der Waals surface area (Å²) in [4.78, 5) is 14.4. The molecule has 0 aromatic heterocycles. The molecule has 0 saturated carbocycles. The molecule has 1 heteroatoms. The number of allylic oxidation sites excluding steroid dienone is 4. The maximum Gasteiger partial charge on any atom is 0.146 e. The molecule has 1 aliphatic carbocycles. The second kappa shape index (κ2) is 8.84. The van der Waals surface area contributed by atoms with Gasteiger partial charge in [-0.2, -0.15) is 0 Å². The fraction of sp³-hybridized carbons (Fsp3) is 0.306. The maximum atomic E-state index is 14.4. The molecule has 0 saturated heterocycles. The maximum absolute atomic E-state index is 14.4. The van der Waals surface area contributed by atoms with E-state index in [1.807, 2.05) is 0 Å². The van der Waals surface area contributed by atoms with Crippen LogP contribution in [-0.2, 0) is 10.2 Å². The highest BCUT2D eigenvalue weighted by atomic mass is 16.1. The smallest absolute Gasteiger partial charge is 0.146 e. The van der Waals surface area contributed by atoms with E-state index in [2.05, 4.69) is 146 Å². The van der Waals surface area contributed by atoms with Crippen LogP contribution in [0.25, 0.3) is 27.1 Å². The van der Waals surface area contributed by atoms with Gasteiger partial charge in [-0.3, -0.25) is 4.79 Å². The molecule has 0 N–H and O–H groups in total. The summed E-state index contributed by atoms with van der Waals surface area (Å²) < 4.78 is 0. The Balaban J connectivity index is 1.88. The van der Waals surface area contributed by atoms with Crippen molar-refractivity contribution in [3.63, 3.8) is 0 Å². The zero-order valence-corrected chi connectivity index (χ0v) is 23.2. The van der Waals surface area contributed by atoms with Crippen molar-refractivity contribution in [1.29, 1.82) is 0 Å². The van der Waals surface area contributed by atoms with Crippen LogP contribution in [0.5, 0.6) is 0 Å². The molecule has 0 fully saturated rings. The van der Waals surface area contributed by atoms with E-state index in [0.717, 1.165) is 0 Å². The number of benzene rings is 4. The Labute approximate surface area is 221 Å². The third kappa shape index (κ3) is 4.35. The fourth-order valence-electron chi connectivity index (χ4n) is 6.08. The van der Waals surface area contributed by atoms with Crippen molar-refractivity contribution >= 4 is 32.9 Å². The second-order valence-electron chi connectivity index (χ2n) is 12.8. The highest BCUT2D eigenvalue weighted by Crippen LogP contribution is 2.53. The van der Waals surface area contributed by atoms with Gasteiger partial charge in [0, 0.05) is 10.8 Å². The number of hydrogen-bond donors (Lipinski definition) is 0. The molecule has 0 radical (unpaired) electrons. The van der Waals surface area contributed by atoms with Crippen molar-refractivity contribution in [2.45, 2.75) is 53.9 Å². The van der Waals surface area contributed by atoms with E-state index in [1.165, 1.54) is 43.8 Å². The summed E-state index contributed by atoms with van der Waals surface area (Å²) in [6.45, 7) is 15.2. The molecule has 0 aliphatic heterocycles. The Morgan fingerprint density at radius 1 is 0.703 bits per heavy atom. The highest BCUT2D eigenvalue weighted by Gasteiger charge is 2.49. The van der Waals surface area contributed by atoms with Crippen molar-refractivity contribution in [1.82, 2.24) is 0 Å². The Morgan fingerprint density at radius 2 is 1.24 bits per heavy atom. The zero-order valence-electron chi connectivity index (χ0n) is 23.2. The minimum atomic E-state index is -0.519. The first-order chi connectivity index (χ1) is 17.4. The van der Waals surface area contributed by atoms with Crippen LogP contribution >= 0.6 is 0 Å². The molecule has 4 aromatic carbocycles. The SMILES string of the molecule is CC(C)(C)C(=O)C1C(C(C)(C)C)=CC(c2cccc3ccccc23)=CC1(C)c1cccc2ccccc12. The molecule has 2 atom stereocenters. The number of hydrogen-bond acceptors (Lipinski definition) is 1. The van der Waals surface area contributed by atoms with E-state index in [1.54, 1.807) is 0 Å². The largest absolute Gasteiger partial charge is 0.298 e. The summed E-state index contributed by atoms with van der Waals surface area (Å²) >= 11 is 0. The van der Waals surface area contributed by atoms with Gasteiger partial charge in [0.05, 0.1) is 5.92 Å². The van der Waals surface area contributed by atoms with Gasteiger partial charge in [0.25, 0.3) is 0 Å². The predicted octanol–water partition coefficient (Wildman–Crippen LogP) is 9.55. The van der Waals surface area contributed by atoms with Crippen molar-refractivity contribution in [3.8, 4) is 0 Å². The van der Waals surface area contributed by atoms with E-state index in [9.17, 15) is 4.79 Å². The van der Waals surface area contributed by atoms with E-state index >= 15 is 0 Å². The molecule has 2 unspecified atom stereocenters. The molecule has 5 rings (SSSR count). The van der Waals surface area contributed by atoms with Gasteiger partial charge in [-0.05, 0) is 43.7 Å².